The number of amides is 1. The van der Waals surface area contributed by atoms with E-state index in [-0.39, 0.29) is 18.5 Å². The molecular weight excluding hydrogens is 427 g/mol. The Morgan fingerprint density at radius 3 is 2.63 bits per heavy atom. The molecule has 1 aliphatic heterocycles. The third-order valence-corrected chi connectivity index (χ3v) is 7.41. The number of hydrogen-bond acceptors (Lipinski definition) is 6. The molecule has 3 atom stereocenters. The van der Waals surface area contributed by atoms with Gasteiger partial charge in [0.15, 0.2) is 0 Å². The lowest BCUT2D eigenvalue weighted by molar-refractivity contribution is -0.151. The van der Waals surface area contributed by atoms with Crippen molar-refractivity contribution in [3.8, 4) is 0 Å². The second-order valence-corrected chi connectivity index (χ2v) is 10.3. The number of thioether (sulfide) groups is 1. The number of benzene rings is 1. The third kappa shape index (κ3) is 8.04. The van der Waals surface area contributed by atoms with Gasteiger partial charge in [-0.05, 0) is 50.6 Å². The fourth-order valence-corrected chi connectivity index (χ4v) is 5.76. The van der Waals surface area contributed by atoms with Crippen LogP contribution in [0.25, 0.3) is 0 Å². The van der Waals surface area contributed by atoms with Crippen LogP contribution < -0.4 is 5.73 Å². The summed E-state index contributed by atoms with van der Waals surface area (Å²) in [4.78, 5) is 35.9. The Kier molecular flexibility index (Phi) is 10.3. The summed E-state index contributed by atoms with van der Waals surface area (Å²) >= 11 is 1.34. The minimum Gasteiger partial charge on any atom is -0.480 e. The Bertz CT molecular complexity index is 735. The summed E-state index contributed by atoms with van der Waals surface area (Å²) in [5.41, 5.74) is 6.67. The molecular formula is C20H31N2O6PS. The molecule has 0 radical (unpaired) electrons. The molecule has 168 valence electrons. The molecule has 1 saturated heterocycles. The van der Waals surface area contributed by atoms with Gasteiger partial charge in [-0.1, -0.05) is 30.3 Å². The van der Waals surface area contributed by atoms with E-state index in [0.717, 1.165) is 18.4 Å². The molecule has 1 fully saturated rings. The van der Waals surface area contributed by atoms with Crippen molar-refractivity contribution in [1.82, 2.24) is 4.90 Å². The van der Waals surface area contributed by atoms with Crippen LogP contribution in [-0.4, -0.2) is 63.3 Å². The van der Waals surface area contributed by atoms with Crippen molar-refractivity contribution in [3.05, 3.63) is 35.9 Å². The Morgan fingerprint density at radius 1 is 1.23 bits per heavy atom. The van der Waals surface area contributed by atoms with Gasteiger partial charge in [-0.3, -0.25) is 13.9 Å². The molecule has 1 heterocycles. The van der Waals surface area contributed by atoms with Gasteiger partial charge in [0.2, 0.25) is 0 Å². The van der Waals surface area contributed by atoms with Crippen molar-refractivity contribution in [2.75, 3.05) is 24.3 Å². The molecule has 1 aliphatic rings. The highest BCUT2D eigenvalue weighted by molar-refractivity contribution is 7.99. The largest absolute Gasteiger partial charge is 0.480 e. The number of carboxylic acid groups (broad SMARTS) is 1. The van der Waals surface area contributed by atoms with Gasteiger partial charge in [-0.25, -0.2) is 4.79 Å². The van der Waals surface area contributed by atoms with E-state index < -0.39 is 31.6 Å². The van der Waals surface area contributed by atoms with Crippen molar-refractivity contribution in [2.45, 2.75) is 50.7 Å². The van der Waals surface area contributed by atoms with E-state index in [1.807, 2.05) is 30.3 Å². The highest BCUT2D eigenvalue weighted by Crippen LogP contribution is 2.45. The molecule has 0 spiro atoms. The lowest BCUT2D eigenvalue weighted by Gasteiger charge is -2.27. The molecule has 0 aliphatic carbocycles. The third-order valence-electron chi connectivity index (χ3n) is 4.94. The van der Waals surface area contributed by atoms with E-state index >= 15 is 0 Å². The van der Waals surface area contributed by atoms with E-state index in [1.165, 1.54) is 16.7 Å². The van der Waals surface area contributed by atoms with Gasteiger partial charge in [-0.15, -0.1) is 11.8 Å². The maximum atomic E-state index is 12.9. The molecule has 1 aromatic rings. The van der Waals surface area contributed by atoms with Gasteiger partial charge in [0.05, 0.1) is 12.0 Å². The maximum Gasteiger partial charge on any atom is 0.328 e. The first-order valence-electron chi connectivity index (χ1n) is 10.2. The van der Waals surface area contributed by atoms with Gasteiger partial charge in [0.25, 0.3) is 5.91 Å². The molecule has 1 aromatic carbocycles. The fraction of sp³-hybridized carbons (Fsp3) is 0.600. The summed E-state index contributed by atoms with van der Waals surface area (Å²) in [6, 6.07) is 8.92. The highest BCUT2D eigenvalue weighted by Gasteiger charge is 2.39. The summed E-state index contributed by atoms with van der Waals surface area (Å²) in [5, 5.41) is 9.33. The minimum atomic E-state index is -3.99. The Balaban J connectivity index is 1.93. The van der Waals surface area contributed by atoms with E-state index in [2.05, 4.69) is 0 Å². The number of aryl methyl sites for hydroxylation is 1. The van der Waals surface area contributed by atoms with E-state index in [1.54, 1.807) is 0 Å². The molecule has 4 N–H and O–H groups in total. The van der Waals surface area contributed by atoms with Crippen LogP contribution in [0.5, 0.6) is 0 Å². The van der Waals surface area contributed by atoms with Crippen LogP contribution in [0, 0.1) is 0 Å². The molecule has 1 amide bonds. The lowest BCUT2D eigenvalue weighted by Crippen LogP contribution is -2.47. The quantitative estimate of drug-likeness (QED) is 0.304. The molecule has 30 heavy (non-hydrogen) atoms. The topological polar surface area (TPSA) is 130 Å². The number of carbonyl (C=O) groups excluding carboxylic acids is 1. The van der Waals surface area contributed by atoms with Crippen LogP contribution in [0.15, 0.2) is 30.3 Å². The second-order valence-electron chi connectivity index (χ2n) is 7.34. The molecule has 10 heteroatoms. The van der Waals surface area contributed by atoms with Crippen molar-refractivity contribution in [3.63, 3.8) is 0 Å². The first-order chi connectivity index (χ1) is 14.3. The van der Waals surface area contributed by atoms with Crippen LogP contribution >= 0.6 is 19.4 Å². The molecule has 0 bridgehead atoms. The van der Waals surface area contributed by atoms with Crippen LogP contribution in [0.2, 0.25) is 0 Å². The number of unbranched alkanes of at least 4 members (excludes halogenated alkanes) is 2. The zero-order chi connectivity index (χ0) is 22.0. The van der Waals surface area contributed by atoms with Gasteiger partial charge >= 0.3 is 13.6 Å². The monoisotopic (exact) mass is 458 g/mol. The fourth-order valence-electron chi connectivity index (χ4n) is 3.28. The Morgan fingerprint density at radius 2 is 1.97 bits per heavy atom. The highest BCUT2D eigenvalue weighted by atomic mass is 32.2. The Hall–Kier alpha value is -1.38. The molecule has 2 rings (SSSR count). The summed E-state index contributed by atoms with van der Waals surface area (Å²) in [6.45, 7) is 0.439. The van der Waals surface area contributed by atoms with Crippen molar-refractivity contribution in [1.29, 1.82) is 0 Å². The standard InChI is InChI=1S/C20H31N2O6PS/c21-12-6-4-11-18(19(23)22-15-30-14-17(22)20(24)25)28-29(26,27)13-7-5-10-16-8-2-1-3-9-16/h1-3,8-9,17-18H,4-7,10-15,21H2,(H,24,25)(H,26,27)/t17?,18-/m0/s1. The van der Waals surface area contributed by atoms with Crippen molar-refractivity contribution < 1.29 is 28.7 Å². The lowest BCUT2D eigenvalue weighted by atomic mass is 10.1. The number of nitrogens with two attached hydrogens (primary N) is 1. The SMILES string of the molecule is NCCCC[C@H](OP(=O)(O)CCCCc1ccccc1)C(=O)N1CSCC1C(=O)O. The summed E-state index contributed by atoms with van der Waals surface area (Å²) in [5.74, 6) is -1.09. The molecule has 2 unspecified atom stereocenters. The average molecular weight is 459 g/mol. The van der Waals surface area contributed by atoms with E-state index in [4.69, 9.17) is 10.3 Å². The van der Waals surface area contributed by atoms with Gasteiger partial charge < -0.3 is 20.6 Å². The second kappa shape index (κ2) is 12.5. The zero-order valence-corrected chi connectivity index (χ0v) is 18.7. The number of carboxylic acids is 1. The average Bonchev–Trinajstić information content (AvgIpc) is 3.21. The van der Waals surface area contributed by atoms with Gasteiger partial charge in [0.1, 0.15) is 12.1 Å². The number of rotatable bonds is 13. The van der Waals surface area contributed by atoms with Crippen LogP contribution in [-0.2, 0) is 25.1 Å². The number of nitrogens with zero attached hydrogens (tertiary/aromatic N) is 1. The van der Waals surface area contributed by atoms with Crippen molar-refractivity contribution >= 4 is 31.2 Å². The summed E-state index contributed by atoms with van der Waals surface area (Å²) in [7, 11) is -3.99. The van der Waals surface area contributed by atoms with E-state index in [0.29, 0.717) is 31.6 Å². The number of aliphatic carboxylic acids is 1. The van der Waals surface area contributed by atoms with Crippen LogP contribution in [0.3, 0.4) is 0 Å². The van der Waals surface area contributed by atoms with Gasteiger partial charge in [-0.2, -0.15) is 0 Å². The van der Waals surface area contributed by atoms with Gasteiger partial charge in [0, 0.05) is 5.75 Å². The number of carbonyl (C=O) groups is 2. The molecule has 0 aromatic heterocycles. The van der Waals surface area contributed by atoms with Crippen LogP contribution in [0.4, 0.5) is 0 Å². The molecule has 0 saturated carbocycles. The van der Waals surface area contributed by atoms with Crippen molar-refractivity contribution in [2.24, 2.45) is 5.73 Å². The molecule has 8 nitrogen and oxygen atoms in total. The van der Waals surface area contributed by atoms with E-state index in [9.17, 15) is 24.2 Å². The first-order valence-corrected chi connectivity index (χ1v) is 13.1. The number of hydrogen-bond donors (Lipinski definition) is 3. The predicted octanol–water partition coefficient (Wildman–Crippen LogP) is 2.70. The smallest absolute Gasteiger partial charge is 0.328 e. The first kappa shape index (κ1) is 24.9. The minimum absolute atomic E-state index is 0.0440. The maximum absolute atomic E-state index is 12.9. The summed E-state index contributed by atoms with van der Waals surface area (Å²) in [6.07, 6.45) is 2.27. The van der Waals surface area contributed by atoms with Crippen LogP contribution in [0.1, 0.15) is 37.7 Å². The zero-order valence-electron chi connectivity index (χ0n) is 17.0. The predicted molar refractivity (Wildman–Crippen MR) is 117 cm³/mol. The summed E-state index contributed by atoms with van der Waals surface area (Å²) < 4.78 is 18.0. The Labute approximate surface area is 181 Å². The normalized spacial score (nSPS) is 19.4.